The molecule has 3 aromatic rings. The maximum atomic E-state index is 13.0. The van der Waals surface area contributed by atoms with Crippen molar-refractivity contribution in [3.63, 3.8) is 0 Å². The highest BCUT2D eigenvalue weighted by Gasteiger charge is 2.33. The number of thiazole rings is 1. The van der Waals surface area contributed by atoms with E-state index in [4.69, 9.17) is 0 Å². The van der Waals surface area contributed by atoms with E-state index in [1.54, 1.807) is 0 Å². The molecule has 0 aliphatic heterocycles. The molecule has 0 atom stereocenters. The van der Waals surface area contributed by atoms with Gasteiger partial charge < -0.3 is 5.32 Å². The monoisotopic (exact) mass is 365 g/mol. The number of nitrogens with zero attached hydrogens (tertiary/aromatic N) is 1. The van der Waals surface area contributed by atoms with Crippen molar-refractivity contribution in [2.24, 2.45) is 0 Å². The molecule has 0 spiro atoms. The molecular weight excluding hydrogens is 351 g/mol. The fraction of sp³-hybridized carbons (Fsp3) is 0.176. The predicted octanol–water partition coefficient (Wildman–Crippen LogP) is 5.58. The zero-order valence-electron chi connectivity index (χ0n) is 13.4. The number of benzene rings is 2. The summed E-state index contributed by atoms with van der Waals surface area (Å²) in [6.07, 6.45) is -4.55. The van der Waals surface area contributed by atoms with Gasteiger partial charge in [0.15, 0.2) is 5.13 Å². The van der Waals surface area contributed by atoms with Crippen molar-refractivity contribution in [3.8, 4) is 0 Å². The molecule has 2 aromatic carbocycles. The van der Waals surface area contributed by atoms with Gasteiger partial charge in [-0.2, -0.15) is 13.2 Å². The topological polar surface area (TPSA) is 54.0 Å². The van der Waals surface area contributed by atoms with Gasteiger partial charge in [0.1, 0.15) is 0 Å². The Morgan fingerprint density at radius 3 is 2.52 bits per heavy atom. The Kier molecular flexibility index (Phi) is 4.38. The van der Waals surface area contributed by atoms with Crippen molar-refractivity contribution in [1.29, 1.82) is 0 Å². The van der Waals surface area contributed by atoms with E-state index in [-0.39, 0.29) is 5.69 Å². The second-order valence-corrected chi connectivity index (χ2v) is 6.53. The third-order valence-electron chi connectivity index (χ3n) is 3.79. The summed E-state index contributed by atoms with van der Waals surface area (Å²) in [7, 11) is 0. The molecule has 0 aliphatic carbocycles. The highest BCUT2D eigenvalue weighted by Crippen LogP contribution is 2.35. The number of carbonyl (C=O) groups excluding carboxylic acids is 1. The Bertz CT molecular complexity index is 950. The van der Waals surface area contributed by atoms with Crippen LogP contribution >= 0.6 is 11.3 Å². The van der Waals surface area contributed by atoms with E-state index in [1.165, 1.54) is 29.5 Å². The quantitative estimate of drug-likeness (QED) is 0.623. The van der Waals surface area contributed by atoms with Gasteiger partial charge in [0, 0.05) is 0 Å². The lowest BCUT2D eigenvalue weighted by Crippen LogP contribution is -2.21. The summed E-state index contributed by atoms with van der Waals surface area (Å²) >= 11 is 1.26. The van der Waals surface area contributed by atoms with E-state index in [0.29, 0.717) is 5.13 Å². The van der Waals surface area contributed by atoms with E-state index < -0.39 is 17.8 Å². The maximum absolute atomic E-state index is 13.0. The minimum absolute atomic E-state index is 0.305. The Morgan fingerprint density at radius 1 is 1.08 bits per heavy atom. The zero-order chi connectivity index (χ0) is 18.2. The highest BCUT2D eigenvalue weighted by atomic mass is 32.1. The number of rotatable bonds is 2. The number of hydrogen-bond donors (Lipinski definition) is 2. The molecule has 2 N–H and O–H groups in total. The third kappa shape index (κ3) is 3.58. The van der Waals surface area contributed by atoms with Crippen LogP contribution in [0.4, 0.5) is 28.8 Å². The summed E-state index contributed by atoms with van der Waals surface area (Å²) in [6.45, 7) is 3.89. The molecule has 0 radical (unpaired) electrons. The third-order valence-corrected chi connectivity index (χ3v) is 4.72. The number of aryl methyl sites for hydroxylation is 2. The van der Waals surface area contributed by atoms with Crippen LogP contribution in [0.3, 0.4) is 0 Å². The number of urea groups is 1. The number of halogens is 3. The summed E-state index contributed by atoms with van der Waals surface area (Å²) in [5.74, 6) is 0. The Morgan fingerprint density at radius 2 is 1.80 bits per heavy atom. The van der Waals surface area contributed by atoms with Crippen LogP contribution in [0, 0.1) is 13.8 Å². The van der Waals surface area contributed by atoms with Crippen molar-refractivity contribution in [2.75, 3.05) is 10.6 Å². The van der Waals surface area contributed by atoms with Crippen molar-refractivity contribution in [1.82, 2.24) is 4.98 Å². The van der Waals surface area contributed by atoms with Gasteiger partial charge in [0.2, 0.25) is 0 Å². The molecule has 0 saturated carbocycles. The molecule has 0 bridgehead atoms. The molecule has 4 nitrogen and oxygen atoms in total. The molecule has 0 unspecified atom stereocenters. The van der Waals surface area contributed by atoms with Crippen LogP contribution in [0.1, 0.15) is 16.7 Å². The summed E-state index contributed by atoms with van der Waals surface area (Å²) in [6, 6.07) is 7.90. The van der Waals surface area contributed by atoms with Crippen LogP contribution in [0.5, 0.6) is 0 Å². The first-order valence-corrected chi connectivity index (χ1v) is 8.18. The average molecular weight is 365 g/mol. The van der Waals surface area contributed by atoms with Crippen LogP contribution in [-0.4, -0.2) is 11.0 Å². The van der Waals surface area contributed by atoms with E-state index in [2.05, 4.69) is 15.6 Å². The van der Waals surface area contributed by atoms with Crippen molar-refractivity contribution in [2.45, 2.75) is 20.0 Å². The minimum Gasteiger partial charge on any atom is -0.307 e. The molecule has 1 heterocycles. The number of alkyl halides is 3. The van der Waals surface area contributed by atoms with Gasteiger partial charge in [-0.05, 0) is 43.2 Å². The van der Waals surface area contributed by atoms with E-state index in [9.17, 15) is 18.0 Å². The first-order valence-electron chi connectivity index (χ1n) is 7.36. The van der Waals surface area contributed by atoms with Gasteiger partial charge in [-0.1, -0.05) is 29.5 Å². The van der Waals surface area contributed by atoms with Crippen LogP contribution in [0.2, 0.25) is 0 Å². The summed E-state index contributed by atoms with van der Waals surface area (Å²) in [4.78, 5) is 16.4. The van der Waals surface area contributed by atoms with Gasteiger partial charge in [-0.25, -0.2) is 9.78 Å². The lowest BCUT2D eigenvalue weighted by atomic mass is 10.1. The van der Waals surface area contributed by atoms with E-state index in [0.717, 1.165) is 27.4 Å². The van der Waals surface area contributed by atoms with Gasteiger partial charge in [0.25, 0.3) is 0 Å². The van der Waals surface area contributed by atoms with Gasteiger partial charge in [-0.15, -0.1) is 0 Å². The number of amides is 2. The van der Waals surface area contributed by atoms with Crippen molar-refractivity contribution in [3.05, 3.63) is 53.1 Å². The van der Waals surface area contributed by atoms with E-state index in [1.807, 2.05) is 26.0 Å². The molecular formula is C17H14F3N3OS. The first kappa shape index (κ1) is 17.2. The molecule has 3 rings (SSSR count). The van der Waals surface area contributed by atoms with Crippen LogP contribution in [-0.2, 0) is 6.18 Å². The van der Waals surface area contributed by atoms with Crippen molar-refractivity contribution >= 4 is 38.4 Å². The number of para-hydroxylation sites is 1. The minimum atomic E-state index is -4.55. The molecule has 130 valence electrons. The Balaban J connectivity index is 1.81. The molecule has 0 fully saturated rings. The number of fused-ring (bicyclic) bond motifs is 1. The number of anilines is 2. The summed E-state index contributed by atoms with van der Waals surface area (Å²) in [5, 5.41) is 5.05. The molecule has 0 saturated heterocycles. The number of nitrogens with one attached hydrogen (secondary N) is 2. The number of aromatic nitrogens is 1. The van der Waals surface area contributed by atoms with E-state index >= 15 is 0 Å². The second kappa shape index (κ2) is 6.36. The first-order chi connectivity index (χ1) is 11.8. The number of hydrogen-bond acceptors (Lipinski definition) is 3. The standard InChI is InChI=1S/C17H14F3N3OS/c1-9-7-8-13-14(10(9)2)22-16(25-13)23-15(24)21-12-6-4-3-5-11(12)17(18,19)20/h3-8H,1-2H3,(H2,21,22,23,24). The smallest absolute Gasteiger partial charge is 0.307 e. The second-order valence-electron chi connectivity index (χ2n) is 5.50. The lowest BCUT2D eigenvalue weighted by molar-refractivity contribution is -0.136. The molecule has 25 heavy (non-hydrogen) atoms. The van der Waals surface area contributed by atoms with Gasteiger partial charge >= 0.3 is 12.2 Å². The summed E-state index contributed by atoms with van der Waals surface area (Å²) < 4.78 is 39.8. The summed E-state index contributed by atoms with van der Waals surface area (Å²) in [5.41, 5.74) is 1.65. The normalized spacial score (nSPS) is 11.6. The maximum Gasteiger partial charge on any atom is 0.418 e. The zero-order valence-corrected chi connectivity index (χ0v) is 14.2. The fourth-order valence-corrected chi connectivity index (χ4v) is 3.29. The van der Waals surface area contributed by atoms with Gasteiger partial charge in [-0.3, -0.25) is 5.32 Å². The number of carbonyl (C=O) groups is 1. The SMILES string of the molecule is Cc1ccc2sc(NC(=O)Nc3ccccc3C(F)(F)F)nc2c1C. The van der Waals surface area contributed by atoms with Crippen LogP contribution in [0.15, 0.2) is 36.4 Å². The molecule has 8 heteroatoms. The predicted molar refractivity (Wildman–Crippen MR) is 93.2 cm³/mol. The van der Waals surface area contributed by atoms with Crippen molar-refractivity contribution < 1.29 is 18.0 Å². The van der Waals surface area contributed by atoms with Crippen LogP contribution < -0.4 is 10.6 Å². The largest absolute Gasteiger partial charge is 0.418 e. The van der Waals surface area contributed by atoms with Crippen LogP contribution in [0.25, 0.3) is 10.2 Å². The fourth-order valence-electron chi connectivity index (χ4n) is 2.37. The lowest BCUT2D eigenvalue weighted by Gasteiger charge is -2.13. The Labute approximate surface area is 145 Å². The molecule has 0 aliphatic rings. The average Bonchev–Trinajstić information content (AvgIpc) is 2.93. The highest BCUT2D eigenvalue weighted by molar-refractivity contribution is 7.22. The Hall–Kier alpha value is -2.61. The molecule has 1 aromatic heterocycles. The molecule has 2 amide bonds. The van der Waals surface area contributed by atoms with Gasteiger partial charge in [0.05, 0.1) is 21.5 Å².